The van der Waals surface area contributed by atoms with Crippen LogP contribution in [0.5, 0.6) is 0 Å². The van der Waals surface area contributed by atoms with Gasteiger partial charge in [0.1, 0.15) is 17.7 Å². The number of amides is 1. The number of methoxy groups -OCH3 is 1. The lowest BCUT2D eigenvalue weighted by Gasteiger charge is -2.15. The third-order valence-corrected chi connectivity index (χ3v) is 3.52. The van der Waals surface area contributed by atoms with Gasteiger partial charge in [-0.25, -0.2) is 8.78 Å². The van der Waals surface area contributed by atoms with Crippen molar-refractivity contribution in [2.45, 2.75) is 6.10 Å². The molecule has 1 heterocycles. The SMILES string of the molecule is COC(CNC(=O)c1ccc(F)cc1F)c1ccsc1. The van der Waals surface area contributed by atoms with Gasteiger partial charge in [0.25, 0.3) is 5.91 Å². The highest BCUT2D eigenvalue weighted by molar-refractivity contribution is 7.07. The molecule has 0 aliphatic carbocycles. The summed E-state index contributed by atoms with van der Waals surface area (Å²) in [5.41, 5.74) is 0.754. The van der Waals surface area contributed by atoms with Gasteiger partial charge in [0.05, 0.1) is 5.56 Å². The molecular formula is C14H13F2NO2S. The normalized spacial score (nSPS) is 12.2. The van der Waals surface area contributed by atoms with Crippen molar-refractivity contribution in [1.29, 1.82) is 0 Å². The first-order valence-electron chi connectivity index (χ1n) is 5.90. The lowest BCUT2D eigenvalue weighted by Crippen LogP contribution is -2.29. The number of hydrogen-bond donors (Lipinski definition) is 1. The first-order chi connectivity index (χ1) is 9.61. The summed E-state index contributed by atoms with van der Waals surface area (Å²) >= 11 is 1.52. The Balaban J connectivity index is 2.01. The third kappa shape index (κ3) is 3.40. The molecule has 1 N–H and O–H groups in total. The Kier molecular flexibility index (Phi) is 4.81. The molecule has 0 saturated heterocycles. The molecular weight excluding hydrogens is 284 g/mol. The molecule has 20 heavy (non-hydrogen) atoms. The highest BCUT2D eigenvalue weighted by Gasteiger charge is 2.16. The Morgan fingerprint density at radius 2 is 2.20 bits per heavy atom. The van der Waals surface area contributed by atoms with Crippen LogP contribution in [0.3, 0.4) is 0 Å². The minimum absolute atomic E-state index is 0.188. The summed E-state index contributed by atoms with van der Waals surface area (Å²) < 4.78 is 31.5. The number of halogens is 2. The Morgan fingerprint density at radius 3 is 2.80 bits per heavy atom. The topological polar surface area (TPSA) is 38.3 Å². The van der Waals surface area contributed by atoms with Crippen molar-refractivity contribution in [3.63, 3.8) is 0 Å². The zero-order valence-electron chi connectivity index (χ0n) is 10.7. The van der Waals surface area contributed by atoms with Gasteiger partial charge >= 0.3 is 0 Å². The van der Waals surface area contributed by atoms with Crippen LogP contribution in [-0.4, -0.2) is 19.6 Å². The van der Waals surface area contributed by atoms with E-state index in [1.54, 1.807) is 0 Å². The van der Waals surface area contributed by atoms with Crippen LogP contribution in [-0.2, 0) is 4.74 Å². The van der Waals surface area contributed by atoms with E-state index in [0.29, 0.717) is 6.07 Å². The van der Waals surface area contributed by atoms with Crippen molar-refractivity contribution < 1.29 is 18.3 Å². The standard InChI is InChI=1S/C14H13F2NO2S/c1-19-13(9-4-5-20-8-9)7-17-14(18)11-3-2-10(15)6-12(11)16/h2-6,8,13H,7H2,1H3,(H,17,18). The maximum Gasteiger partial charge on any atom is 0.254 e. The zero-order valence-corrected chi connectivity index (χ0v) is 11.5. The molecule has 0 aliphatic heterocycles. The summed E-state index contributed by atoms with van der Waals surface area (Å²) in [7, 11) is 1.53. The fraction of sp³-hybridized carbons (Fsp3) is 0.214. The Morgan fingerprint density at radius 1 is 1.40 bits per heavy atom. The molecule has 0 bridgehead atoms. The number of rotatable bonds is 5. The first-order valence-corrected chi connectivity index (χ1v) is 6.84. The van der Waals surface area contributed by atoms with Gasteiger partial charge in [-0.05, 0) is 34.5 Å². The Bertz CT molecular complexity index is 587. The van der Waals surface area contributed by atoms with Gasteiger partial charge in [-0.3, -0.25) is 4.79 Å². The third-order valence-electron chi connectivity index (χ3n) is 2.82. The van der Waals surface area contributed by atoms with Gasteiger partial charge in [0.15, 0.2) is 0 Å². The fourth-order valence-electron chi connectivity index (χ4n) is 1.75. The minimum atomic E-state index is -0.882. The molecule has 106 valence electrons. The van der Waals surface area contributed by atoms with Crippen molar-refractivity contribution in [3.8, 4) is 0 Å². The minimum Gasteiger partial charge on any atom is -0.375 e. The highest BCUT2D eigenvalue weighted by Crippen LogP contribution is 2.19. The van der Waals surface area contributed by atoms with E-state index in [1.807, 2.05) is 16.8 Å². The molecule has 3 nitrogen and oxygen atoms in total. The number of benzene rings is 1. The van der Waals surface area contributed by atoms with E-state index in [2.05, 4.69) is 5.32 Å². The fourth-order valence-corrected chi connectivity index (χ4v) is 2.45. The molecule has 0 spiro atoms. The molecule has 1 aromatic carbocycles. The maximum absolute atomic E-state index is 13.5. The van der Waals surface area contributed by atoms with E-state index in [4.69, 9.17) is 4.74 Å². The van der Waals surface area contributed by atoms with Gasteiger partial charge in [-0.15, -0.1) is 0 Å². The summed E-state index contributed by atoms with van der Waals surface area (Å²) in [4.78, 5) is 11.8. The van der Waals surface area contributed by atoms with Crippen molar-refractivity contribution in [3.05, 3.63) is 57.8 Å². The lowest BCUT2D eigenvalue weighted by molar-refractivity contribution is 0.0826. The monoisotopic (exact) mass is 297 g/mol. The largest absolute Gasteiger partial charge is 0.375 e. The van der Waals surface area contributed by atoms with Gasteiger partial charge in [-0.1, -0.05) is 0 Å². The molecule has 0 fully saturated rings. The van der Waals surface area contributed by atoms with Gasteiger partial charge in [0.2, 0.25) is 0 Å². The van der Waals surface area contributed by atoms with Crippen LogP contribution < -0.4 is 5.32 Å². The van der Waals surface area contributed by atoms with E-state index in [0.717, 1.165) is 17.7 Å². The number of hydrogen-bond acceptors (Lipinski definition) is 3. The van der Waals surface area contributed by atoms with Gasteiger partial charge in [-0.2, -0.15) is 11.3 Å². The first kappa shape index (κ1) is 14.6. The molecule has 0 saturated carbocycles. The Hall–Kier alpha value is -1.79. The smallest absolute Gasteiger partial charge is 0.254 e. The molecule has 2 aromatic rings. The summed E-state index contributed by atoms with van der Waals surface area (Å²) in [6.07, 6.45) is -0.297. The molecule has 6 heteroatoms. The van der Waals surface area contributed by atoms with E-state index >= 15 is 0 Å². The average Bonchev–Trinajstić information content (AvgIpc) is 2.93. The summed E-state index contributed by atoms with van der Waals surface area (Å²) in [5.74, 6) is -2.20. The number of carbonyl (C=O) groups is 1. The van der Waals surface area contributed by atoms with Crippen LogP contribution in [0, 0.1) is 11.6 Å². The number of ether oxygens (including phenoxy) is 1. The van der Waals surface area contributed by atoms with Crippen molar-refractivity contribution in [2.24, 2.45) is 0 Å². The van der Waals surface area contributed by atoms with Crippen molar-refractivity contribution in [2.75, 3.05) is 13.7 Å². The predicted molar refractivity (Wildman–Crippen MR) is 72.8 cm³/mol. The molecule has 1 amide bonds. The zero-order chi connectivity index (χ0) is 14.5. The predicted octanol–water partition coefficient (Wildman–Crippen LogP) is 3.14. The van der Waals surface area contributed by atoms with Crippen LogP contribution in [0.15, 0.2) is 35.0 Å². The second-order valence-electron chi connectivity index (χ2n) is 4.12. The van der Waals surface area contributed by atoms with E-state index in [1.165, 1.54) is 18.4 Å². The maximum atomic E-state index is 13.5. The molecule has 1 aromatic heterocycles. The second kappa shape index (κ2) is 6.58. The van der Waals surface area contributed by atoms with E-state index < -0.39 is 17.5 Å². The summed E-state index contributed by atoms with van der Waals surface area (Å²) in [5, 5.41) is 6.40. The number of carbonyl (C=O) groups excluding carboxylic acids is 1. The average molecular weight is 297 g/mol. The quantitative estimate of drug-likeness (QED) is 0.920. The van der Waals surface area contributed by atoms with Gasteiger partial charge in [0, 0.05) is 19.7 Å². The molecule has 0 aliphatic rings. The Labute approximate surface area is 119 Å². The number of nitrogens with one attached hydrogen (secondary N) is 1. The van der Waals surface area contributed by atoms with Crippen LogP contribution >= 0.6 is 11.3 Å². The summed E-state index contributed by atoms with van der Waals surface area (Å²) in [6, 6.07) is 4.74. The molecule has 2 rings (SSSR count). The van der Waals surface area contributed by atoms with Gasteiger partial charge < -0.3 is 10.1 Å². The van der Waals surface area contributed by atoms with E-state index in [-0.39, 0.29) is 18.2 Å². The van der Waals surface area contributed by atoms with Crippen molar-refractivity contribution in [1.82, 2.24) is 5.32 Å². The van der Waals surface area contributed by atoms with Crippen LogP contribution in [0.25, 0.3) is 0 Å². The second-order valence-corrected chi connectivity index (χ2v) is 4.90. The molecule has 1 atom stereocenters. The van der Waals surface area contributed by atoms with Crippen LogP contribution in [0.4, 0.5) is 8.78 Å². The number of thiophene rings is 1. The molecule has 1 unspecified atom stereocenters. The highest BCUT2D eigenvalue weighted by atomic mass is 32.1. The summed E-state index contributed by atoms with van der Waals surface area (Å²) in [6.45, 7) is 0.211. The van der Waals surface area contributed by atoms with Crippen LogP contribution in [0.2, 0.25) is 0 Å². The van der Waals surface area contributed by atoms with Crippen molar-refractivity contribution >= 4 is 17.2 Å². The molecule has 0 radical (unpaired) electrons. The van der Waals surface area contributed by atoms with Crippen LogP contribution in [0.1, 0.15) is 22.0 Å². The van der Waals surface area contributed by atoms with E-state index in [9.17, 15) is 13.6 Å². The lowest BCUT2D eigenvalue weighted by atomic mass is 10.1.